The molecule has 2 amide bonds. The SMILES string of the molecule is CCCCc1ccc(C(=O)NC(=Cc2ccc(F)cc2)C(=O)Nc2cc(Cl)ccc2C)cc1. The maximum atomic E-state index is 13.3. The molecule has 4 nitrogen and oxygen atoms in total. The molecule has 0 fully saturated rings. The lowest BCUT2D eigenvalue weighted by atomic mass is 10.1. The number of unbranched alkanes of at least 4 members (excludes halogenated alkanes) is 1. The largest absolute Gasteiger partial charge is 0.320 e. The van der Waals surface area contributed by atoms with E-state index in [2.05, 4.69) is 17.6 Å². The van der Waals surface area contributed by atoms with Gasteiger partial charge in [0.2, 0.25) is 0 Å². The average Bonchev–Trinajstić information content (AvgIpc) is 2.81. The van der Waals surface area contributed by atoms with Gasteiger partial charge in [-0.15, -0.1) is 0 Å². The van der Waals surface area contributed by atoms with E-state index < -0.39 is 11.8 Å². The lowest BCUT2D eigenvalue weighted by molar-refractivity contribution is -0.113. The zero-order valence-electron chi connectivity index (χ0n) is 18.6. The van der Waals surface area contributed by atoms with Crippen molar-refractivity contribution in [3.63, 3.8) is 0 Å². The van der Waals surface area contributed by atoms with Crippen LogP contribution in [0.4, 0.5) is 10.1 Å². The van der Waals surface area contributed by atoms with Gasteiger partial charge < -0.3 is 10.6 Å². The van der Waals surface area contributed by atoms with Crippen LogP contribution in [0.1, 0.15) is 46.8 Å². The molecule has 0 heterocycles. The molecule has 3 rings (SSSR count). The van der Waals surface area contributed by atoms with Crippen molar-refractivity contribution in [3.8, 4) is 0 Å². The first-order valence-electron chi connectivity index (χ1n) is 10.8. The molecule has 0 spiro atoms. The number of rotatable bonds is 8. The first-order valence-corrected chi connectivity index (χ1v) is 11.2. The minimum Gasteiger partial charge on any atom is -0.320 e. The topological polar surface area (TPSA) is 58.2 Å². The molecule has 0 aliphatic carbocycles. The fraction of sp³-hybridized carbons (Fsp3) is 0.185. The molecule has 6 heteroatoms. The van der Waals surface area contributed by atoms with E-state index in [4.69, 9.17) is 11.6 Å². The fourth-order valence-electron chi connectivity index (χ4n) is 3.20. The summed E-state index contributed by atoms with van der Waals surface area (Å²) >= 11 is 6.06. The van der Waals surface area contributed by atoms with E-state index in [1.54, 1.807) is 30.3 Å². The van der Waals surface area contributed by atoms with Gasteiger partial charge in [0.25, 0.3) is 11.8 Å². The van der Waals surface area contributed by atoms with E-state index in [9.17, 15) is 14.0 Å². The summed E-state index contributed by atoms with van der Waals surface area (Å²) in [7, 11) is 0. The van der Waals surface area contributed by atoms with Crippen molar-refractivity contribution in [3.05, 3.63) is 106 Å². The molecule has 0 aliphatic heterocycles. The number of hydrogen-bond donors (Lipinski definition) is 2. The summed E-state index contributed by atoms with van der Waals surface area (Å²) in [5.41, 5.74) is 3.55. The summed E-state index contributed by atoms with van der Waals surface area (Å²) < 4.78 is 13.3. The Morgan fingerprint density at radius 1 is 1.00 bits per heavy atom. The van der Waals surface area contributed by atoms with Crippen LogP contribution in [-0.4, -0.2) is 11.8 Å². The molecular weight excluding hydrogens is 439 g/mol. The second-order valence-electron chi connectivity index (χ2n) is 7.78. The standard InChI is InChI=1S/C27H26ClFN2O2/c1-3-4-5-19-7-11-21(12-8-19)26(32)31-25(16-20-9-14-23(29)15-10-20)27(33)30-24-17-22(28)13-6-18(24)2/h6-17H,3-5H2,1-2H3,(H,30,33)(H,31,32). The number of hydrogen-bond acceptors (Lipinski definition) is 2. The molecule has 0 aliphatic rings. The van der Waals surface area contributed by atoms with Crippen molar-refractivity contribution in [2.24, 2.45) is 0 Å². The van der Waals surface area contributed by atoms with Crippen LogP contribution in [0, 0.1) is 12.7 Å². The number of halogens is 2. The molecule has 0 unspecified atom stereocenters. The molecular formula is C27H26ClFN2O2. The van der Waals surface area contributed by atoms with Gasteiger partial charge in [0.15, 0.2) is 0 Å². The number of amides is 2. The van der Waals surface area contributed by atoms with Crippen LogP contribution in [0.25, 0.3) is 6.08 Å². The van der Waals surface area contributed by atoms with Crippen LogP contribution >= 0.6 is 11.6 Å². The average molecular weight is 465 g/mol. The molecule has 0 aromatic heterocycles. The molecule has 33 heavy (non-hydrogen) atoms. The third-order valence-corrected chi connectivity index (χ3v) is 5.39. The molecule has 0 saturated heterocycles. The van der Waals surface area contributed by atoms with Gasteiger partial charge in [0.05, 0.1) is 0 Å². The second kappa shape index (κ2) is 11.4. The monoisotopic (exact) mass is 464 g/mol. The minimum absolute atomic E-state index is 0.0287. The summed E-state index contributed by atoms with van der Waals surface area (Å²) in [4.78, 5) is 26.0. The summed E-state index contributed by atoms with van der Waals surface area (Å²) in [5.74, 6) is -1.32. The Labute approximate surface area is 198 Å². The predicted octanol–water partition coefficient (Wildman–Crippen LogP) is 6.54. The number of nitrogens with one attached hydrogen (secondary N) is 2. The normalized spacial score (nSPS) is 11.2. The van der Waals surface area contributed by atoms with Crippen LogP contribution in [0.2, 0.25) is 5.02 Å². The van der Waals surface area contributed by atoms with Crippen LogP contribution in [-0.2, 0) is 11.2 Å². The Morgan fingerprint density at radius 2 is 1.70 bits per heavy atom. The van der Waals surface area contributed by atoms with Crippen molar-refractivity contribution in [1.82, 2.24) is 5.32 Å². The highest BCUT2D eigenvalue weighted by Crippen LogP contribution is 2.21. The Bertz CT molecular complexity index is 1160. The third kappa shape index (κ3) is 7.02. The van der Waals surface area contributed by atoms with Crippen molar-refractivity contribution >= 4 is 35.2 Å². The van der Waals surface area contributed by atoms with Crippen LogP contribution in [0.15, 0.2) is 72.4 Å². The quantitative estimate of drug-likeness (QED) is 0.372. The molecule has 2 N–H and O–H groups in total. The van der Waals surface area contributed by atoms with Crippen molar-refractivity contribution in [2.75, 3.05) is 5.32 Å². The van der Waals surface area contributed by atoms with E-state index in [0.717, 1.165) is 30.4 Å². The molecule has 3 aromatic rings. The number of aryl methyl sites for hydroxylation is 2. The number of benzene rings is 3. The van der Waals surface area contributed by atoms with Gasteiger partial charge in [-0.05, 0) is 78.9 Å². The Hall–Kier alpha value is -3.44. The highest BCUT2D eigenvalue weighted by atomic mass is 35.5. The third-order valence-electron chi connectivity index (χ3n) is 5.16. The smallest absolute Gasteiger partial charge is 0.272 e. The maximum Gasteiger partial charge on any atom is 0.272 e. The van der Waals surface area contributed by atoms with Gasteiger partial charge in [-0.25, -0.2) is 4.39 Å². The van der Waals surface area contributed by atoms with Gasteiger partial charge in [-0.1, -0.05) is 55.3 Å². The van der Waals surface area contributed by atoms with E-state index in [0.29, 0.717) is 21.8 Å². The van der Waals surface area contributed by atoms with Crippen LogP contribution in [0.3, 0.4) is 0 Å². The van der Waals surface area contributed by atoms with Crippen molar-refractivity contribution in [1.29, 1.82) is 0 Å². The van der Waals surface area contributed by atoms with E-state index in [-0.39, 0.29) is 11.5 Å². The molecule has 170 valence electrons. The number of carbonyl (C=O) groups excluding carboxylic acids is 2. The van der Waals surface area contributed by atoms with Crippen molar-refractivity contribution < 1.29 is 14.0 Å². The fourth-order valence-corrected chi connectivity index (χ4v) is 3.37. The molecule has 3 aromatic carbocycles. The molecule has 0 saturated carbocycles. The van der Waals surface area contributed by atoms with E-state index in [1.807, 2.05) is 19.1 Å². The van der Waals surface area contributed by atoms with Gasteiger partial charge in [-0.3, -0.25) is 9.59 Å². The van der Waals surface area contributed by atoms with Gasteiger partial charge >= 0.3 is 0 Å². The maximum absolute atomic E-state index is 13.3. The second-order valence-corrected chi connectivity index (χ2v) is 8.21. The lowest BCUT2D eigenvalue weighted by Gasteiger charge is -2.13. The molecule has 0 radical (unpaired) electrons. The Kier molecular flexibility index (Phi) is 8.39. The highest BCUT2D eigenvalue weighted by molar-refractivity contribution is 6.31. The summed E-state index contributed by atoms with van der Waals surface area (Å²) in [5, 5.41) is 5.97. The number of anilines is 1. The summed E-state index contributed by atoms with van der Waals surface area (Å²) in [6.07, 6.45) is 4.64. The van der Waals surface area contributed by atoms with Gasteiger partial charge in [-0.2, -0.15) is 0 Å². The van der Waals surface area contributed by atoms with Crippen molar-refractivity contribution in [2.45, 2.75) is 33.1 Å². The van der Waals surface area contributed by atoms with Crippen LogP contribution in [0.5, 0.6) is 0 Å². The predicted molar refractivity (Wildman–Crippen MR) is 132 cm³/mol. The Morgan fingerprint density at radius 3 is 2.36 bits per heavy atom. The first-order chi connectivity index (χ1) is 15.9. The Balaban J connectivity index is 1.85. The zero-order chi connectivity index (χ0) is 23.8. The minimum atomic E-state index is -0.516. The molecule has 0 bridgehead atoms. The summed E-state index contributed by atoms with van der Waals surface area (Å²) in [6, 6.07) is 18.1. The van der Waals surface area contributed by atoms with Gasteiger partial charge in [0, 0.05) is 16.3 Å². The zero-order valence-corrected chi connectivity index (χ0v) is 19.4. The van der Waals surface area contributed by atoms with E-state index in [1.165, 1.54) is 30.3 Å². The number of carbonyl (C=O) groups is 2. The molecule has 0 atom stereocenters. The summed E-state index contributed by atoms with van der Waals surface area (Å²) in [6.45, 7) is 3.97. The first kappa shape index (κ1) is 24.2. The van der Waals surface area contributed by atoms with Crippen LogP contribution < -0.4 is 10.6 Å². The van der Waals surface area contributed by atoms with Gasteiger partial charge in [0.1, 0.15) is 11.5 Å². The van der Waals surface area contributed by atoms with E-state index >= 15 is 0 Å². The lowest BCUT2D eigenvalue weighted by Crippen LogP contribution is -2.31. The highest BCUT2D eigenvalue weighted by Gasteiger charge is 2.16.